The van der Waals surface area contributed by atoms with Gasteiger partial charge in [-0.2, -0.15) is 0 Å². The standard InChI is InChI=1S/C12H18N6O/c1-8-12(2,3-6-19-8)16-10-11-14-4-5-18(11)7-9(15-10)17-13/h4-5,7-8,17H,3,6,13H2,1-2H3,(H,15,16). The molecule has 0 amide bonds. The second kappa shape index (κ2) is 4.36. The van der Waals surface area contributed by atoms with Gasteiger partial charge in [0.2, 0.25) is 0 Å². The van der Waals surface area contributed by atoms with Gasteiger partial charge in [-0.15, -0.1) is 0 Å². The van der Waals surface area contributed by atoms with E-state index in [0.717, 1.165) is 18.7 Å². The zero-order valence-electron chi connectivity index (χ0n) is 11.1. The van der Waals surface area contributed by atoms with E-state index in [1.165, 1.54) is 0 Å². The Bertz CT molecular complexity index is 597. The molecule has 0 radical (unpaired) electrons. The molecule has 1 fully saturated rings. The Morgan fingerprint density at radius 2 is 2.42 bits per heavy atom. The predicted octanol–water partition coefficient (Wildman–Crippen LogP) is 0.994. The van der Waals surface area contributed by atoms with Crippen molar-refractivity contribution < 1.29 is 4.74 Å². The average molecular weight is 262 g/mol. The lowest BCUT2D eigenvalue weighted by atomic mass is 9.95. The fourth-order valence-electron chi connectivity index (χ4n) is 2.35. The Morgan fingerprint density at radius 3 is 3.11 bits per heavy atom. The van der Waals surface area contributed by atoms with Crippen molar-refractivity contribution in [1.29, 1.82) is 0 Å². The number of imidazole rings is 1. The normalized spacial score (nSPS) is 26.8. The van der Waals surface area contributed by atoms with Gasteiger partial charge in [0.05, 0.1) is 17.8 Å². The first kappa shape index (κ1) is 12.2. The SMILES string of the molecule is CC1OCCC1(C)Nc1nc(NN)cn2ccnc12. The van der Waals surface area contributed by atoms with E-state index in [4.69, 9.17) is 10.6 Å². The van der Waals surface area contributed by atoms with Gasteiger partial charge in [0.15, 0.2) is 17.3 Å². The maximum absolute atomic E-state index is 5.63. The first-order valence-electron chi connectivity index (χ1n) is 6.32. The lowest BCUT2D eigenvalue weighted by Gasteiger charge is -2.29. The van der Waals surface area contributed by atoms with Crippen molar-refractivity contribution in [2.45, 2.75) is 31.9 Å². The lowest BCUT2D eigenvalue weighted by molar-refractivity contribution is 0.105. The summed E-state index contributed by atoms with van der Waals surface area (Å²) in [7, 11) is 0. The Kier molecular flexibility index (Phi) is 2.79. The molecule has 0 aromatic carbocycles. The number of fused-ring (bicyclic) bond motifs is 1. The Balaban J connectivity index is 2.02. The molecule has 0 bridgehead atoms. The second-order valence-electron chi connectivity index (χ2n) is 5.08. The molecular formula is C12H18N6O. The molecule has 1 aliphatic heterocycles. The number of hydrogen-bond acceptors (Lipinski definition) is 6. The molecule has 1 aliphatic rings. The number of hydrazine groups is 1. The number of aromatic nitrogens is 3. The smallest absolute Gasteiger partial charge is 0.180 e. The summed E-state index contributed by atoms with van der Waals surface area (Å²) in [5, 5.41) is 3.46. The molecule has 0 spiro atoms. The Morgan fingerprint density at radius 1 is 1.58 bits per heavy atom. The van der Waals surface area contributed by atoms with Crippen LogP contribution < -0.4 is 16.6 Å². The van der Waals surface area contributed by atoms with E-state index in [1.807, 2.05) is 10.6 Å². The van der Waals surface area contributed by atoms with Crippen LogP contribution in [0, 0.1) is 0 Å². The molecule has 2 unspecified atom stereocenters. The van der Waals surface area contributed by atoms with Gasteiger partial charge in [-0.3, -0.25) is 0 Å². The minimum Gasteiger partial charge on any atom is -0.376 e. The van der Waals surface area contributed by atoms with Crippen molar-refractivity contribution in [1.82, 2.24) is 14.4 Å². The fourth-order valence-corrected chi connectivity index (χ4v) is 2.35. The molecule has 1 saturated heterocycles. The molecule has 2 atom stereocenters. The van der Waals surface area contributed by atoms with Gasteiger partial charge in [-0.05, 0) is 20.3 Å². The van der Waals surface area contributed by atoms with Gasteiger partial charge >= 0.3 is 0 Å². The number of anilines is 2. The summed E-state index contributed by atoms with van der Waals surface area (Å²) in [6, 6.07) is 0. The van der Waals surface area contributed by atoms with Crippen LogP contribution >= 0.6 is 0 Å². The summed E-state index contributed by atoms with van der Waals surface area (Å²) in [5.41, 5.74) is 3.20. The van der Waals surface area contributed by atoms with Crippen LogP contribution in [-0.2, 0) is 4.74 Å². The molecule has 0 saturated carbocycles. The van der Waals surface area contributed by atoms with E-state index in [-0.39, 0.29) is 11.6 Å². The van der Waals surface area contributed by atoms with E-state index in [0.29, 0.717) is 11.6 Å². The maximum atomic E-state index is 5.63. The third-order valence-electron chi connectivity index (χ3n) is 3.81. The molecule has 19 heavy (non-hydrogen) atoms. The van der Waals surface area contributed by atoms with Crippen LogP contribution in [0.3, 0.4) is 0 Å². The molecule has 2 aromatic rings. The van der Waals surface area contributed by atoms with Gasteiger partial charge in [-0.25, -0.2) is 15.8 Å². The van der Waals surface area contributed by atoms with E-state index in [1.54, 1.807) is 12.4 Å². The zero-order chi connectivity index (χ0) is 13.5. The number of nitrogens with one attached hydrogen (secondary N) is 2. The topological polar surface area (TPSA) is 89.5 Å². The molecule has 0 aliphatic carbocycles. The Labute approximate surface area is 111 Å². The monoisotopic (exact) mass is 262 g/mol. The van der Waals surface area contributed by atoms with E-state index in [9.17, 15) is 0 Å². The summed E-state index contributed by atoms with van der Waals surface area (Å²) < 4.78 is 7.52. The molecule has 7 nitrogen and oxygen atoms in total. The number of nitrogens with two attached hydrogens (primary N) is 1. The van der Waals surface area contributed by atoms with Gasteiger partial charge in [0.25, 0.3) is 0 Å². The minimum absolute atomic E-state index is 0.124. The molecule has 102 valence electrons. The molecule has 4 N–H and O–H groups in total. The largest absolute Gasteiger partial charge is 0.376 e. The maximum Gasteiger partial charge on any atom is 0.180 e. The summed E-state index contributed by atoms with van der Waals surface area (Å²) in [6.45, 7) is 4.95. The molecule has 7 heteroatoms. The fraction of sp³-hybridized carbons (Fsp3) is 0.500. The van der Waals surface area contributed by atoms with Crippen LogP contribution in [0.4, 0.5) is 11.6 Å². The highest BCUT2D eigenvalue weighted by Crippen LogP contribution is 2.30. The first-order chi connectivity index (χ1) is 9.12. The summed E-state index contributed by atoms with van der Waals surface area (Å²) in [4.78, 5) is 8.77. The molecule has 2 aromatic heterocycles. The highest BCUT2D eigenvalue weighted by molar-refractivity contribution is 5.66. The van der Waals surface area contributed by atoms with Crippen LogP contribution in [0.25, 0.3) is 5.65 Å². The van der Waals surface area contributed by atoms with Crippen LogP contribution in [0.5, 0.6) is 0 Å². The number of nitrogen functional groups attached to an aromatic ring is 1. The number of rotatable bonds is 3. The summed E-state index contributed by atoms with van der Waals surface area (Å²) >= 11 is 0. The Hall–Kier alpha value is -1.86. The van der Waals surface area contributed by atoms with Crippen molar-refractivity contribution in [2.24, 2.45) is 5.84 Å². The van der Waals surface area contributed by atoms with Crippen molar-refractivity contribution in [3.8, 4) is 0 Å². The third kappa shape index (κ3) is 2.00. The van der Waals surface area contributed by atoms with Gasteiger partial charge in [0.1, 0.15) is 0 Å². The zero-order valence-corrected chi connectivity index (χ0v) is 11.1. The summed E-state index contributed by atoms with van der Waals surface area (Å²) in [6.07, 6.45) is 6.45. The van der Waals surface area contributed by atoms with Crippen LogP contribution in [0.15, 0.2) is 18.6 Å². The second-order valence-corrected chi connectivity index (χ2v) is 5.08. The van der Waals surface area contributed by atoms with Gasteiger partial charge in [0, 0.05) is 19.0 Å². The van der Waals surface area contributed by atoms with Crippen LogP contribution in [0.1, 0.15) is 20.3 Å². The quantitative estimate of drug-likeness (QED) is 0.564. The van der Waals surface area contributed by atoms with Gasteiger partial charge in [-0.1, -0.05) is 0 Å². The third-order valence-corrected chi connectivity index (χ3v) is 3.81. The lowest BCUT2D eigenvalue weighted by Crippen LogP contribution is -2.41. The van der Waals surface area contributed by atoms with E-state index < -0.39 is 0 Å². The molecular weight excluding hydrogens is 244 g/mol. The average Bonchev–Trinajstić information content (AvgIpc) is 2.97. The number of hydrogen-bond donors (Lipinski definition) is 3. The number of nitrogens with zero attached hydrogens (tertiary/aromatic N) is 3. The van der Waals surface area contributed by atoms with E-state index >= 15 is 0 Å². The highest BCUT2D eigenvalue weighted by atomic mass is 16.5. The molecule has 3 rings (SSSR count). The van der Waals surface area contributed by atoms with Crippen molar-refractivity contribution in [3.05, 3.63) is 18.6 Å². The predicted molar refractivity (Wildman–Crippen MR) is 72.9 cm³/mol. The first-order valence-corrected chi connectivity index (χ1v) is 6.32. The summed E-state index contributed by atoms with van der Waals surface area (Å²) in [5.74, 6) is 6.74. The van der Waals surface area contributed by atoms with Gasteiger partial charge < -0.3 is 19.9 Å². The minimum atomic E-state index is -0.146. The van der Waals surface area contributed by atoms with Crippen molar-refractivity contribution in [2.75, 3.05) is 17.3 Å². The molecule has 3 heterocycles. The van der Waals surface area contributed by atoms with Crippen LogP contribution in [-0.4, -0.2) is 32.6 Å². The van der Waals surface area contributed by atoms with Crippen LogP contribution in [0.2, 0.25) is 0 Å². The van der Waals surface area contributed by atoms with Crippen molar-refractivity contribution >= 4 is 17.3 Å². The highest BCUT2D eigenvalue weighted by Gasteiger charge is 2.37. The van der Waals surface area contributed by atoms with Crippen molar-refractivity contribution in [3.63, 3.8) is 0 Å². The number of ether oxygens (including phenoxy) is 1. The van der Waals surface area contributed by atoms with E-state index in [2.05, 4.69) is 34.6 Å².